The molecule has 2 aromatic heterocycles. The van der Waals surface area contributed by atoms with E-state index in [9.17, 15) is 14.4 Å². The maximum atomic E-state index is 13.7. The van der Waals surface area contributed by atoms with E-state index in [0.717, 1.165) is 27.7 Å². The molecule has 36 heavy (non-hydrogen) atoms. The van der Waals surface area contributed by atoms with Crippen molar-refractivity contribution in [2.24, 2.45) is 0 Å². The number of hydrogen-bond donors (Lipinski definition) is 0. The summed E-state index contributed by atoms with van der Waals surface area (Å²) in [6, 6.07) is 9.91. The van der Waals surface area contributed by atoms with Crippen LogP contribution in [0.5, 0.6) is 0 Å². The summed E-state index contributed by atoms with van der Waals surface area (Å²) in [6.45, 7) is 8.34. The minimum Gasteiger partial charge on any atom is -0.458 e. The van der Waals surface area contributed by atoms with Crippen LogP contribution < -0.4 is 5.56 Å². The Labute approximate surface area is 209 Å². The molecule has 1 atom stereocenters. The summed E-state index contributed by atoms with van der Waals surface area (Å²) in [7, 11) is 1.47. The number of benzene rings is 1. The van der Waals surface area contributed by atoms with Gasteiger partial charge < -0.3 is 18.9 Å². The van der Waals surface area contributed by atoms with Crippen LogP contribution in [0.25, 0.3) is 22.3 Å². The van der Waals surface area contributed by atoms with Crippen molar-refractivity contribution in [3.05, 3.63) is 62.9 Å². The minimum absolute atomic E-state index is 0.0346. The standard InChI is InChI=1S/C28H31N3O5/c1-6-28(35-5)22-13-24-25-20(14-31(24)26(33)21(22)15-36-27(28)34)18(11-12-30(16(2)3)17(4)32)19-9-7-8-10-23(19)29-25/h7-10,13,16H,6,11-12,14-15H2,1-5H3/t28-/m0/s1. The highest BCUT2D eigenvalue weighted by atomic mass is 16.6. The molecule has 0 fully saturated rings. The van der Waals surface area contributed by atoms with Crippen molar-refractivity contribution < 1.29 is 19.1 Å². The van der Waals surface area contributed by atoms with E-state index < -0.39 is 11.6 Å². The Hall–Kier alpha value is -3.52. The van der Waals surface area contributed by atoms with E-state index in [-0.39, 0.29) is 24.1 Å². The second-order valence-corrected chi connectivity index (χ2v) is 9.76. The lowest BCUT2D eigenvalue weighted by Gasteiger charge is -2.34. The molecule has 4 heterocycles. The Morgan fingerprint density at radius 1 is 1.25 bits per heavy atom. The van der Waals surface area contributed by atoms with Crippen molar-refractivity contribution in [1.82, 2.24) is 14.5 Å². The summed E-state index contributed by atoms with van der Waals surface area (Å²) >= 11 is 0. The van der Waals surface area contributed by atoms with E-state index in [1.54, 1.807) is 11.5 Å². The highest BCUT2D eigenvalue weighted by molar-refractivity contribution is 5.89. The van der Waals surface area contributed by atoms with E-state index in [0.29, 0.717) is 42.8 Å². The van der Waals surface area contributed by atoms with Gasteiger partial charge in [-0.2, -0.15) is 0 Å². The zero-order valence-corrected chi connectivity index (χ0v) is 21.4. The molecule has 2 aliphatic heterocycles. The number of amides is 1. The number of rotatable bonds is 6. The van der Waals surface area contributed by atoms with E-state index in [2.05, 4.69) is 0 Å². The molecule has 0 N–H and O–H groups in total. The molecule has 0 saturated heterocycles. The predicted molar refractivity (Wildman–Crippen MR) is 136 cm³/mol. The molecule has 0 spiro atoms. The number of ether oxygens (including phenoxy) is 2. The third-order valence-corrected chi connectivity index (χ3v) is 7.66. The van der Waals surface area contributed by atoms with Crippen molar-refractivity contribution in [3.63, 3.8) is 0 Å². The first-order valence-corrected chi connectivity index (χ1v) is 12.4. The third kappa shape index (κ3) is 3.46. The molecule has 188 valence electrons. The average Bonchev–Trinajstić information content (AvgIpc) is 3.22. The van der Waals surface area contributed by atoms with Crippen molar-refractivity contribution in [1.29, 1.82) is 0 Å². The first-order chi connectivity index (χ1) is 17.2. The van der Waals surface area contributed by atoms with Gasteiger partial charge in [-0.1, -0.05) is 25.1 Å². The van der Waals surface area contributed by atoms with Gasteiger partial charge in [0, 0.05) is 43.1 Å². The van der Waals surface area contributed by atoms with E-state index in [1.807, 2.05) is 56.0 Å². The summed E-state index contributed by atoms with van der Waals surface area (Å²) in [6.07, 6.45) is 0.988. The first kappa shape index (κ1) is 24.2. The largest absolute Gasteiger partial charge is 0.458 e. The molecule has 8 nitrogen and oxygen atoms in total. The quantitative estimate of drug-likeness (QED) is 0.385. The van der Waals surface area contributed by atoms with E-state index in [4.69, 9.17) is 14.5 Å². The van der Waals surface area contributed by atoms with Crippen LogP contribution in [0.3, 0.4) is 0 Å². The molecule has 0 unspecified atom stereocenters. The maximum absolute atomic E-state index is 13.7. The highest BCUT2D eigenvalue weighted by Gasteiger charge is 2.47. The van der Waals surface area contributed by atoms with Crippen LogP contribution in [-0.4, -0.2) is 46.0 Å². The van der Waals surface area contributed by atoms with Gasteiger partial charge in [-0.3, -0.25) is 9.59 Å². The Balaban J connectivity index is 1.71. The first-order valence-electron chi connectivity index (χ1n) is 12.4. The van der Waals surface area contributed by atoms with Crippen LogP contribution in [0.15, 0.2) is 35.1 Å². The fourth-order valence-electron chi connectivity index (χ4n) is 5.74. The van der Waals surface area contributed by atoms with Gasteiger partial charge in [0.2, 0.25) is 5.91 Å². The molecule has 1 amide bonds. The Morgan fingerprint density at radius 2 is 2.00 bits per heavy atom. The van der Waals surface area contributed by atoms with Crippen molar-refractivity contribution >= 4 is 22.8 Å². The summed E-state index contributed by atoms with van der Waals surface area (Å²) in [5.41, 5.74) is 3.82. The Morgan fingerprint density at radius 3 is 2.67 bits per heavy atom. The number of carbonyl (C=O) groups excluding carboxylic acids is 2. The van der Waals surface area contributed by atoms with Crippen molar-refractivity contribution in [2.45, 2.75) is 65.3 Å². The van der Waals surface area contributed by atoms with Crippen LogP contribution in [-0.2, 0) is 44.2 Å². The van der Waals surface area contributed by atoms with Gasteiger partial charge in [0.25, 0.3) is 5.56 Å². The van der Waals surface area contributed by atoms with Crippen LogP contribution >= 0.6 is 0 Å². The number of pyridine rings is 2. The Bertz CT molecular complexity index is 1450. The molecule has 3 aromatic rings. The molecular weight excluding hydrogens is 458 g/mol. The topological polar surface area (TPSA) is 90.7 Å². The van der Waals surface area contributed by atoms with Gasteiger partial charge in [-0.15, -0.1) is 0 Å². The number of methoxy groups -OCH3 is 1. The second kappa shape index (κ2) is 8.85. The predicted octanol–water partition coefficient (Wildman–Crippen LogP) is 3.53. The van der Waals surface area contributed by atoms with Crippen LogP contribution in [0.2, 0.25) is 0 Å². The lowest BCUT2D eigenvalue weighted by atomic mass is 9.85. The zero-order chi connectivity index (χ0) is 25.8. The molecule has 0 radical (unpaired) electrons. The van der Waals surface area contributed by atoms with Gasteiger partial charge in [0.15, 0.2) is 5.60 Å². The molecule has 8 heteroatoms. The third-order valence-electron chi connectivity index (χ3n) is 7.66. The zero-order valence-electron chi connectivity index (χ0n) is 21.4. The minimum atomic E-state index is -1.32. The normalized spacial score (nSPS) is 18.1. The van der Waals surface area contributed by atoms with E-state index >= 15 is 0 Å². The van der Waals surface area contributed by atoms with Crippen LogP contribution in [0.4, 0.5) is 0 Å². The number of carbonyl (C=O) groups is 2. The lowest BCUT2D eigenvalue weighted by Crippen LogP contribution is -2.45. The lowest BCUT2D eigenvalue weighted by molar-refractivity contribution is -0.176. The fourth-order valence-corrected chi connectivity index (χ4v) is 5.74. The van der Waals surface area contributed by atoms with Gasteiger partial charge >= 0.3 is 5.97 Å². The number of nitrogens with zero attached hydrogens (tertiary/aromatic N) is 3. The highest BCUT2D eigenvalue weighted by Crippen LogP contribution is 2.41. The smallest absolute Gasteiger partial charge is 0.343 e. The number of esters is 1. The molecule has 2 aliphatic rings. The van der Waals surface area contributed by atoms with Gasteiger partial charge in [0.05, 0.1) is 29.0 Å². The fraction of sp³-hybridized carbons (Fsp3) is 0.429. The van der Waals surface area contributed by atoms with Gasteiger partial charge in [-0.25, -0.2) is 9.78 Å². The number of cyclic esters (lactones) is 1. The monoisotopic (exact) mass is 489 g/mol. The molecule has 5 rings (SSSR count). The van der Waals surface area contributed by atoms with Gasteiger partial charge in [0.1, 0.15) is 6.61 Å². The maximum Gasteiger partial charge on any atom is 0.343 e. The summed E-state index contributed by atoms with van der Waals surface area (Å²) < 4.78 is 12.8. The van der Waals surface area contributed by atoms with Gasteiger partial charge in [-0.05, 0) is 44.4 Å². The molecular formula is C28H31N3O5. The molecule has 0 bridgehead atoms. The second-order valence-electron chi connectivity index (χ2n) is 9.76. The molecule has 0 aliphatic carbocycles. The number of para-hydroxylation sites is 1. The Kier molecular flexibility index (Phi) is 5.95. The van der Waals surface area contributed by atoms with Crippen LogP contribution in [0.1, 0.15) is 56.4 Å². The average molecular weight is 490 g/mol. The van der Waals surface area contributed by atoms with Crippen molar-refractivity contribution in [3.8, 4) is 11.4 Å². The SMILES string of the molecule is CC[C@@]1(OC)C(=O)OCc2c1cc1n(c2=O)Cc2c-1nc1ccccc1c2CCN(C(C)=O)C(C)C. The molecule has 0 saturated carbocycles. The summed E-state index contributed by atoms with van der Waals surface area (Å²) in [5.74, 6) is -0.444. The van der Waals surface area contributed by atoms with Crippen LogP contribution in [0, 0.1) is 0 Å². The van der Waals surface area contributed by atoms with Crippen molar-refractivity contribution in [2.75, 3.05) is 13.7 Å². The van der Waals surface area contributed by atoms with E-state index in [1.165, 1.54) is 7.11 Å². The number of aromatic nitrogens is 2. The summed E-state index contributed by atoms with van der Waals surface area (Å²) in [5, 5.41) is 1.02. The molecule has 1 aromatic carbocycles. The summed E-state index contributed by atoms with van der Waals surface area (Å²) in [4.78, 5) is 45.5. The number of fused-ring (bicyclic) bond motifs is 5. The number of hydrogen-bond acceptors (Lipinski definition) is 6.